The van der Waals surface area contributed by atoms with Gasteiger partial charge in [-0.2, -0.15) is 0 Å². The molecule has 3 aromatic carbocycles. The van der Waals surface area contributed by atoms with Crippen LogP contribution in [0, 0.1) is 6.92 Å². The molecular formula is C31H27N3O6. The van der Waals surface area contributed by atoms with Crippen molar-refractivity contribution in [2.75, 3.05) is 32.8 Å². The number of nitrogens with one attached hydrogen (secondary N) is 1. The second kappa shape index (κ2) is 11.8. The summed E-state index contributed by atoms with van der Waals surface area (Å²) in [6, 6.07) is 16.5. The van der Waals surface area contributed by atoms with Gasteiger partial charge in [0.25, 0.3) is 0 Å². The molecule has 9 heteroatoms. The third-order valence-electron chi connectivity index (χ3n) is 6.27. The van der Waals surface area contributed by atoms with Gasteiger partial charge in [-0.05, 0) is 61.0 Å². The fourth-order valence-corrected chi connectivity index (χ4v) is 4.23. The highest BCUT2D eigenvalue weighted by Gasteiger charge is 2.21. The van der Waals surface area contributed by atoms with E-state index in [1.807, 2.05) is 31.2 Å². The van der Waals surface area contributed by atoms with Crippen molar-refractivity contribution >= 4 is 39.5 Å². The van der Waals surface area contributed by atoms with Crippen LogP contribution in [0.5, 0.6) is 23.0 Å². The third-order valence-corrected chi connectivity index (χ3v) is 6.27. The Morgan fingerprint density at radius 2 is 1.73 bits per heavy atom. The maximum absolute atomic E-state index is 12.9. The van der Waals surface area contributed by atoms with Gasteiger partial charge in [-0.15, -0.1) is 0 Å². The summed E-state index contributed by atoms with van der Waals surface area (Å²) in [7, 11) is 3.16. The summed E-state index contributed by atoms with van der Waals surface area (Å²) in [6.45, 7) is 2.73. The summed E-state index contributed by atoms with van der Waals surface area (Å²) in [4.78, 5) is 33.9. The largest absolute Gasteiger partial charge is 0.493 e. The number of para-hydroxylation sites is 1. The van der Waals surface area contributed by atoms with Crippen molar-refractivity contribution in [1.82, 2.24) is 9.97 Å². The number of nitrogens with zero attached hydrogens (tertiary/aromatic N) is 2. The number of hydrogen-bond acceptors (Lipinski definition) is 9. The van der Waals surface area contributed by atoms with Gasteiger partial charge in [-0.3, -0.25) is 9.59 Å². The minimum absolute atomic E-state index is 0.245. The number of carbonyl (C=O) groups excluding carboxylic acids is 2. The van der Waals surface area contributed by atoms with Crippen molar-refractivity contribution in [3.8, 4) is 23.0 Å². The van der Waals surface area contributed by atoms with E-state index in [1.54, 1.807) is 44.6 Å². The zero-order valence-corrected chi connectivity index (χ0v) is 22.3. The molecule has 1 aromatic heterocycles. The minimum atomic E-state index is -0.289. The van der Waals surface area contributed by atoms with Crippen LogP contribution in [-0.2, 0) is 14.3 Å². The number of anilines is 2. The van der Waals surface area contributed by atoms with Crippen LogP contribution in [0.2, 0.25) is 0 Å². The Kier molecular flexibility index (Phi) is 7.84. The average Bonchev–Trinajstić information content (AvgIpc) is 2.96. The number of aromatic nitrogens is 2. The molecule has 0 radical (unpaired) electrons. The summed E-state index contributed by atoms with van der Waals surface area (Å²) >= 11 is 0. The van der Waals surface area contributed by atoms with E-state index in [9.17, 15) is 9.59 Å². The van der Waals surface area contributed by atoms with Crippen LogP contribution in [0.15, 0.2) is 79.2 Å². The molecule has 1 heterocycles. The van der Waals surface area contributed by atoms with Gasteiger partial charge in [0.2, 0.25) is 0 Å². The molecule has 0 unspecified atom stereocenters. The van der Waals surface area contributed by atoms with Crippen LogP contribution in [0.1, 0.15) is 11.1 Å². The van der Waals surface area contributed by atoms with Gasteiger partial charge in [-0.1, -0.05) is 18.2 Å². The third kappa shape index (κ3) is 5.69. The second-order valence-corrected chi connectivity index (χ2v) is 8.94. The van der Waals surface area contributed by atoms with Crippen molar-refractivity contribution in [3.05, 3.63) is 90.3 Å². The molecule has 0 atom stereocenters. The zero-order valence-electron chi connectivity index (χ0n) is 22.3. The molecule has 0 bridgehead atoms. The Morgan fingerprint density at radius 3 is 2.52 bits per heavy atom. The predicted molar refractivity (Wildman–Crippen MR) is 152 cm³/mol. The maximum Gasteiger partial charge on any atom is 0.186 e. The summed E-state index contributed by atoms with van der Waals surface area (Å²) < 4.78 is 22.5. The lowest BCUT2D eigenvalue weighted by Crippen LogP contribution is -2.09. The Balaban J connectivity index is 1.56. The number of ketones is 2. The summed E-state index contributed by atoms with van der Waals surface area (Å²) in [5.74, 6) is 2.14. The number of fused-ring (bicyclic) bond motifs is 1. The lowest BCUT2D eigenvalue weighted by atomic mass is 9.94. The van der Waals surface area contributed by atoms with E-state index in [0.717, 1.165) is 5.56 Å². The molecule has 0 spiro atoms. The van der Waals surface area contributed by atoms with E-state index in [2.05, 4.69) is 15.3 Å². The second-order valence-electron chi connectivity index (χ2n) is 8.94. The highest BCUT2D eigenvalue weighted by Crippen LogP contribution is 2.38. The van der Waals surface area contributed by atoms with E-state index in [4.69, 9.17) is 18.9 Å². The molecule has 1 aliphatic rings. The molecule has 9 nitrogen and oxygen atoms in total. The van der Waals surface area contributed by atoms with E-state index in [1.165, 1.54) is 24.6 Å². The van der Waals surface area contributed by atoms with Gasteiger partial charge in [0.15, 0.2) is 23.1 Å². The standard InChI is InChI=1S/C31H27N3O6/c1-19-6-4-5-7-28(19)40-21-9-10-25(22(15-21)23-14-20(35)8-11-27(23)36)34-31-24-16-29(38-3)30(39-13-12-37-2)17-26(24)32-18-33-31/h4-11,14-18H,12-13H2,1-3H3,(H,32,33,34). The summed E-state index contributed by atoms with van der Waals surface area (Å²) in [5.41, 5.74) is 2.88. The predicted octanol–water partition coefficient (Wildman–Crippen LogP) is 5.60. The van der Waals surface area contributed by atoms with Crippen LogP contribution in [-0.4, -0.2) is 49.0 Å². The topological polar surface area (TPSA) is 109 Å². The molecule has 40 heavy (non-hydrogen) atoms. The highest BCUT2D eigenvalue weighted by atomic mass is 16.5. The first kappa shape index (κ1) is 26.6. The fraction of sp³-hybridized carbons (Fsp3) is 0.161. The minimum Gasteiger partial charge on any atom is -0.493 e. The Morgan fingerprint density at radius 1 is 0.875 bits per heavy atom. The van der Waals surface area contributed by atoms with Crippen LogP contribution in [0.25, 0.3) is 16.5 Å². The normalized spacial score (nSPS) is 12.8. The average molecular weight is 538 g/mol. The molecule has 202 valence electrons. The van der Waals surface area contributed by atoms with Gasteiger partial charge in [-0.25, -0.2) is 9.97 Å². The molecule has 1 N–H and O–H groups in total. The number of aryl methyl sites for hydroxylation is 1. The maximum atomic E-state index is 12.9. The van der Waals surface area contributed by atoms with Crippen LogP contribution in [0.3, 0.4) is 0 Å². The SMILES string of the molecule is COCCOc1cc2ncnc(Nc3ccc(Oc4ccccc4C)cc3C3=CC(=O)C=CC3=O)c2cc1OC. The van der Waals surface area contributed by atoms with Gasteiger partial charge >= 0.3 is 0 Å². The lowest BCUT2D eigenvalue weighted by Gasteiger charge is -2.18. The summed E-state index contributed by atoms with van der Waals surface area (Å²) in [5, 5.41) is 3.99. The molecule has 0 fully saturated rings. The number of rotatable bonds is 10. The van der Waals surface area contributed by atoms with Crippen molar-refractivity contribution < 1.29 is 28.5 Å². The zero-order chi connectivity index (χ0) is 28.1. The Bertz CT molecular complexity index is 1660. The number of carbonyl (C=O) groups is 2. The molecular weight excluding hydrogens is 510 g/mol. The van der Waals surface area contributed by atoms with Crippen molar-refractivity contribution in [2.24, 2.45) is 0 Å². The van der Waals surface area contributed by atoms with Gasteiger partial charge < -0.3 is 24.3 Å². The van der Waals surface area contributed by atoms with E-state index in [0.29, 0.717) is 64.2 Å². The van der Waals surface area contributed by atoms with Crippen molar-refractivity contribution in [2.45, 2.75) is 6.92 Å². The quantitative estimate of drug-likeness (QED) is 0.204. The number of ether oxygens (including phenoxy) is 4. The Labute approximate surface area is 231 Å². The monoisotopic (exact) mass is 537 g/mol. The molecule has 5 rings (SSSR count). The molecule has 0 amide bonds. The first-order valence-corrected chi connectivity index (χ1v) is 12.5. The molecule has 0 saturated heterocycles. The van der Waals surface area contributed by atoms with E-state index >= 15 is 0 Å². The number of benzene rings is 3. The van der Waals surface area contributed by atoms with Crippen molar-refractivity contribution in [1.29, 1.82) is 0 Å². The lowest BCUT2D eigenvalue weighted by molar-refractivity contribution is -0.113. The van der Waals surface area contributed by atoms with E-state index in [-0.39, 0.29) is 17.1 Å². The number of hydrogen-bond donors (Lipinski definition) is 1. The summed E-state index contributed by atoms with van der Waals surface area (Å²) in [6.07, 6.45) is 5.28. The van der Waals surface area contributed by atoms with Crippen LogP contribution < -0.4 is 19.5 Å². The Hall–Kier alpha value is -5.02. The van der Waals surface area contributed by atoms with Gasteiger partial charge in [0.1, 0.15) is 30.3 Å². The fourth-order valence-electron chi connectivity index (χ4n) is 4.23. The van der Waals surface area contributed by atoms with Gasteiger partial charge in [0, 0.05) is 35.4 Å². The molecule has 0 saturated carbocycles. The number of methoxy groups -OCH3 is 2. The van der Waals surface area contributed by atoms with Crippen LogP contribution in [0.4, 0.5) is 11.5 Å². The smallest absolute Gasteiger partial charge is 0.186 e. The van der Waals surface area contributed by atoms with Crippen LogP contribution >= 0.6 is 0 Å². The number of allylic oxidation sites excluding steroid dienone is 4. The highest BCUT2D eigenvalue weighted by molar-refractivity contribution is 6.34. The van der Waals surface area contributed by atoms with Gasteiger partial charge in [0.05, 0.1) is 19.2 Å². The first-order valence-electron chi connectivity index (χ1n) is 12.5. The van der Waals surface area contributed by atoms with Crippen molar-refractivity contribution in [3.63, 3.8) is 0 Å². The first-order chi connectivity index (χ1) is 19.5. The van der Waals surface area contributed by atoms with E-state index < -0.39 is 0 Å². The molecule has 0 aliphatic heterocycles. The molecule has 1 aliphatic carbocycles. The molecule has 4 aromatic rings.